The minimum absolute atomic E-state index is 0.0709. The van der Waals surface area contributed by atoms with Crippen LogP contribution in [-0.4, -0.2) is 106 Å². The molecule has 16 N–H and O–H groups in total. The van der Waals surface area contributed by atoms with Gasteiger partial charge in [-0.05, 0) is 72.4 Å². The van der Waals surface area contributed by atoms with Crippen molar-refractivity contribution in [3.05, 3.63) is 95.1 Å². The average Bonchev–Trinajstić information content (AvgIpc) is 3.19. The first-order valence-corrected chi connectivity index (χ1v) is 18.6. The predicted octanol–water partition coefficient (Wildman–Crippen LogP) is -1.99. The van der Waals surface area contributed by atoms with Crippen molar-refractivity contribution in [3.63, 3.8) is 0 Å². The third-order valence-electron chi connectivity index (χ3n) is 8.90. The van der Waals surface area contributed by atoms with Crippen molar-refractivity contribution in [1.29, 1.82) is 5.41 Å². The number of carbonyl (C=O) groups excluding carboxylic acids is 6. The number of amides is 6. The first kappa shape index (κ1) is 48.0. The van der Waals surface area contributed by atoms with Crippen LogP contribution in [0.4, 0.5) is 8.78 Å². The van der Waals surface area contributed by atoms with Crippen LogP contribution in [0.5, 0.6) is 11.5 Å². The normalized spacial score (nSPS) is 13.2. The van der Waals surface area contributed by atoms with Gasteiger partial charge < -0.3 is 64.4 Å². The number of nitrogens with two attached hydrogens (primary N) is 3. The molecule has 0 heterocycles. The number of guanidine groups is 1. The number of carboxylic acids is 1. The molecule has 0 radical (unpaired) electrons. The van der Waals surface area contributed by atoms with Gasteiger partial charge >= 0.3 is 5.97 Å². The van der Waals surface area contributed by atoms with Crippen LogP contribution in [0.1, 0.15) is 36.0 Å². The van der Waals surface area contributed by atoms with Crippen LogP contribution in [0.25, 0.3) is 0 Å². The molecule has 5 atom stereocenters. The second kappa shape index (κ2) is 23.3. The first-order valence-electron chi connectivity index (χ1n) is 18.6. The molecule has 5 unspecified atom stereocenters. The highest BCUT2D eigenvalue weighted by molar-refractivity contribution is 5.96. The van der Waals surface area contributed by atoms with Crippen molar-refractivity contribution in [2.24, 2.45) is 17.2 Å². The SMILES string of the molecule is N=C(N)NCCCC(NC(=O)C(Cc1ccc(F)cc1)NC(=O)C(Cc1ccc(F)cc1)NC(=O)C(N)Cc1ccc(O)c(O)c1)C(=O)NCC(=O)NC(CC(=O)O)C(N)=O. The minimum atomic E-state index is -1.59. The van der Waals surface area contributed by atoms with Crippen molar-refractivity contribution < 1.29 is 57.7 Å². The third-order valence-corrected chi connectivity index (χ3v) is 8.90. The van der Waals surface area contributed by atoms with E-state index in [1.165, 1.54) is 42.5 Å². The van der Waals surface area contributed by atoms with Crippen molar-refractivity contribution >= 4 is 47.4 Å². The Bertz CT molecular complexity index is 2060. The number of hydrogen-bond acceptors (Lipinski definition) is 11. The number of carboxylic acid groups (broad SMARTS) is 1. The lowest BCUT2D eigenvalue weighted by atomic mass is 10.0. The fourth-order valence-electron chi connectivity index (χ4n) is 5.73. The molecule has 328 valence electrons. The predicted molar refractivity (Wildman–Crippen MR) is 213 cm³/mol. The number of benzene rings is 3. The number of rotatable bonds is 23. The molecule has 0 aliphatic carbocycles. The number of nitrogens with one attached hydrogen (secondary N) is 7. The zero-order chi connectivity index (χ0) is 45.2. The van der Waals surface area contributed by atoms with E-state index in [1.807, 2.05) is 0 Å². The summed E-state index contributed by atoms with van der Waals surface area (Å²) in [6.45, 7) is -0.710. The van der Waals surface area contributed by atoms with E-state index in [0.717, 1.165) is 24.3 Å². The second-order valence-corrected chi connectivity index (χ2v) is 13.8. The van der Waals surface area contributed by atoms with Crippen LogP contribution in [0, 0.1) is 17.0 Å². The van der Waals surface area contributed by atoms with Gasteiger partial charge in [-0.1, -0.05) is 30.3 Å². The van der Waals surface area contributed by atoms with E-state index in [9.17, 15) is 52.6 Å². The molecule has 0 fully saturated rings. The van der Waals surface area contributed by atoms with Gasteiger partial charge in [-0.15, -0.1) is 0 Å². The minimum Gasteiger partial charge on any atom is -0.504 e. The molecule has 20 nitrogen and oxygen atoms in total. The van der Waals surface area contributed by atoms with Gasteiger partial charge in [-0.25, -0.2) is 8.78 Å². The van der Waals surface area contributed by atoms with Gasteiger partial charge in [0.05, 0.1) is 19.0 Å². The molecule has 61 heavy (non-hydrogen) atoms. The Morgan fingerprint density at radius 1 is 0.623 bits per heavy atom. The van der Waals surface area contributed by atoms with Crippen LogP contribution in [0.3, 0.4) is 0 Å². The monoisotopic (exact) mass is 854 g/mol. The quantitative estimate of drug-likeness (QED) is 0.0213. The van der Waals surface area contributed by atoms with Gasteiger partial charge in [0.15, 0.2) is 17.5 Å². The Morgan fingerprint density at radius 3 is 1.62 bits per heavy atom. The highest BCUT2D eigenvalue weighted by Crippen LogP contribution is 2.25. The van der Waals surface area contributed by atoms with E-state index in [0.29, 0.717) is 16.7 Å². The Labute approximate surface area is 347 Å². The van der Waals surface area contributed by atoms with Crippen molar-refractivity contribution in [2.45, 2.75) is 68.7 Å². The topological polar surface area (TPSA) is 354 Å². The van der Waals surface area contributed by atoms with Gasteiger partial charge in [-0.2, -0.15) is 0 Å². The summed E-state index contributed by atoms with van der Waals surface area (Å²) in [7, 11) is 0. The Balaban J connectivity index is 1.88. The van der Waals surface area contributed by atoms with Gasteiger partial charge in [0.2, 0.25) is 35.4 Å². The lowest BCUT2D eigenvalue weighted by Gasteiger charge is -2.26. The maximum absolute atomic E-state index is 14.1. The summed E-state index contributed by atoms with van der Waals surface area (Å²) in [6.07, 6.45) is -1.48. The lowest BCUT2D eigenvalue weighted by Crippen LogP contribution is -2.59. The molecule has 3 aromatic carbocycles. The summed E-state index contributed by atoms with van der Waals surface area (Å²) in [4.78, 5) is 90.1. The molecule has 22 heteroatoms. The van der Waals surface area contributed by atoms with Gasteiger partial charge in [0.1, 0.15) is 35.8 Å². The van der Waals surface area contributed by atoms with E-state index in [-0.39, 0.29) is 44.6 Å². The van der Waals surface area contributed by atoms with E-state index < -0.39 is 108 Å². The van der Waals surface area contributed by atoms with Crippen LogP contribution in [-0.2, 0) is 52.8 Å². The number of aromatic hydroxyl groups is 2. The van der Waals surface area contributed by atoms with Crippen LogP contribution >= 0.6 is 0 Å². The molecular weight excluding hydrogens is 806 g/mol. The average molecular weight is 855 g/mol. The zero-order valence-electron chi connectivity index (χ0n) is 32.6. The molecule has 3 rings (SSSR count). The van der Waals surface area contributed by atoms with Crippen molar-refractivity contribution in [3.8, 4) is 11.5 Å². The molecule has 0 spiro atoms. The first-order chi connectivity index (χ1) is 28.8. The molecule has 0 bridgehead atoms. The van der Waals surface area contributed by atoms with Crippen LogP contribution in [0.2, 0.25) is 0 Å². The summed E-state index contributed by atoms with van der Waals surface area (Å²) >= 11 is 0. The largest absolute Gasteiger partial charge is 0.504 e. The molecule has 3 aromatic rings. The van der Waals surface area contributed by atoms with Crippen molar-refractivity contribution in [1.82, 2.24) is 31.9 Å². The number of halogens is 2. The highest BCUT2D eigenvalue weighted by atomic mass is 19.1. The second-order valence-electron chi connectivity index (χ2n) is 13.8. The van der Waals surface area contributed by atoms with Gasteiger partial charge in [0.25, 0.3) is 0 Å². The summed E-state index contributed by atoms with van der Waals surface area (Å²) < 4.78 is 27.6. The fourth-order valence-corrected chi connectivity index (χ4v) is 5.73. The lowest BCUT2D eigenvalue weighted by molar-refractivity contribution is -0.140. The Hall–Kier alpha value is -7.36. The van der Waals surface area contributed by atoms with E-state index >= 15 is 0 Å². The van der Waals surface area contributed by atoms with E-state index in [1.54, 1.807) is 0 Å². The summed E-state index contributed by atoms with van der Waals surface area (Å²) in [5, 5.41) is 50.4. The maximum atomic E-state index is 14.1. The van der Waals surface area contributed by atoms with E-state index in [2.05, 4.69) is 31.9 Å². The number of phenols is 2. The zero-order valence-corrected chi connectivity index (χ0v) is 32.6. The fraction of sp³-hybridized carbons (Fsp3) is 0.333. The number of aliphatic carboxylic acids is 1. The van der Waals surface area contributed by atoms with Crippen LogP contribution in [0.15, 0.2) is 66.7 Å². The molecule has 6 amide bonds. The summed E-state index contributed by atoms with van der Waals surface area (Å²) in [5.41, 5.74) is 17.8. The van der Waals surface area contributed by atoms with Crippen molar-refractivity contribution in [2.75, 3.05) is 13.1 Å². The smallest absolute Gasteiger partial charge is 0.305 e. The Kier molecular flexibility index (Phi) is 18.3. The summed E-state index contributed by atoms with van der Waals surface area (Å²) in [5.74, 6) is -9.60. The third kappa shape index (κ3) is 16.8. The molecule has 0 saturated carbocycles. The highest BCUT2D eigenvalue weighted by Gasteiger charge is 2.31. The number of carbonyl (C=O) groups is 7. The van der Waals surface area contributed by atoms with Gasteiger partial charge in [-0.3, -0.25) is 39.0 Å². The van der Waals surface area contributed by atoms with Gasteiger partial charge in [0, 0.05) is 19.4 Å². The van der Waals surface area contributed by atoms with Crippen LogP contribution < -0.4 is 49.1 Å². The molecule has 0 saturated heterocycles. The number of hydrogen-bond donors (Lipinski definition) is 13. The molecule has 0 aliphatic rings. The molecular formula is C39H48F2N10O10. The van der Waals surface area contributed by atoms with E-state index in [4.69, 9.17) is 27.7 Å². The summed E-state index contributed by atoms with van der Waals surface area (Å²) in [6, 6.07) is 6.49. The number of phenolic OH excluding ortho intramolecular Hbond substituents is 2. The molecule has 0 aliphatic heterocycles. The number of primary amides is 1. The standard InChI is InChI=1S/C39H48F2N10O10/c40-23-8-3-20(4-9-23)15-28(50-35(58)25(42)14-22-7-12-30(52)31(53)17-22)38(61)51-29(16-21-5-10-24(41)11-6-21)37(60)49-26(2-1-13-46-39(44)45)36(59)47-19-32(54)48-27(34(43)57)18-33(55)56/h3-12,17,25-29,52-53H,1-2,13-16,18-19,42H2,(H2,43,57)(H,47,59)(H,48,54)(H,49,60)(H,50,58)(H,51,61)(H,55,56)(H4,44,45,46). The maximum Gasteiger partial charge on any atom is 0.305 e. The molecule has 0 aromatic heterocycles. The Morgan fingerprint density at radius 2 is 1.13 bits per heavy atom.